The Kier molecular flexibility index (Phi) is 2.49. The van der Waals surface area contributed by atoms with E-state index in [4.69, 9.17) is 10.5 Å². The molecule has 4 heteroatoms. The number of carbonyl (C=O) groups is 1. The van der Waals surface area contributed by atoms with Crippen LogP contribution in [0.5, 0.6) is 5.75 Å². The molecule has 0 fully saturated rings. The molecule has 3 N–H and O–H groups in total. The molecule has 0 aliphatic carbocycles. The fourth-order valence-electron chi connectivity index (χ4n) is 1.70. The first-order valence-corrected chi connectivity index (χ1v) is 5.05. The van der Waals surface area contributed by atoms with Crippen LogP contribution in [0.15, 0.2) is 12.1 Å². The molecule has 1 aliphatic heterocycles. The standard InChI is InChI=1S/C11H14N2O2/c1-2-15-10-5-7-3-4-11(14)13-9(7)6-8(10)12/h5-6H,2-4,12H2,1H3,(H,13,14). The number of nitrogens with two attached hydrogens (primary N) is 1. The van der Waals surface area contributed by atoms with E-state index in [0.717, 1.165) is 17.7 Å². The Morgan fingerprint density at radius 1 is 1.47 bits per heavy atom. The number of fused-ring (bicyclic) bond motifs is 1. The van der Waals surface area contributed by atoms with Crippen LogP contribution in [0.2, 0.25) is 0 Å². The summed E-state index contributed by atoms with van der Waals surface area (Å²) in [4.78, 5) is 11.2. The van der Waals surface area contributed by atoms with Gasteiger partial charge in [0.05, 0.1) is 12.3 Å². The number of carbonyl (C=O) groups excluding carboxylic acids is 1. The van der Waals surface area contributed by atoms with Gasteiger partial charge in [0.15, 0.2) is 0 Å². The first-order chi connectivity index (χ1) is 7.20. The molecule has 0 saturated heterocycles. The minimum absolute atomic E-state index is 0.0473. The third-order valence-corrected chi connectivity index (χ3v) is 2.43. The van der Waals surface area contributed by atoms with Crippen molar-refractivity contribution in [2.24, 2.45) is 0 Å². The topological polar surface area (TPSA) is 64.3 Å². The van der Waals surface area contributed by atoms with Gasteiger partial charge in [-0.25, -0.2) is 0 Å². The number of rotatable bonds is 2. The number of nitrogen functional groups attached to an aromatic ring is 1. The molecule has 80 valence electrons. The summed E-state index contributed by atoms with van der Waals surface area (Å²) in [6, 6.07) is 3.67. The highest BCUT2D eigenvalue weighted by Gasteiger charge is 2.16. The van der Waals surface area contributed by atoms with Gasteiger partial charge in [-0.15, -0.1) is 0 Å². The van der Waals surface area contributed by atoms with Gasteiger partial charge in [0.25, 0.3) is 0 Å². The number of hydrogen-bond acceptors (Lipinski definition) is 3. The molecular formula is C11H14N2O2. The highest BCUT2D eigenvalue weighted by atomic mass is 16.5. The van der Waals surface area contributed by atoms with Crippen molar-refractivity contribution in [1.29, 1.82) is 0 Å². The predicted octanol–water partition coefficient (Wildman–Crippen LogP) is 1.55. The van der Waals surface area contributed by atoms with Crippen LogP contribution in [-0.2, 0) is 11.2 Å². The fourth-order valence-corrected chi connectivity index (χ4v) is 1.70. The number of hydrogen-bond donors (Lipinski definition) is 2. The summed E-state index contributed by atoms with van der Waals surface area (Å²) in [5, 5.41) is 2.80. The van der Waals surface area contributed by atoms with Crippen LogP contribution >= 0.6 is 0 Å². The molecule has 1 aromatic carbocycles. The number of anilines is 2. The Morgan fingerprint density at radius 2 is 2.27 bits per heavy atom. The summed E-state index contributed by atoms with van der Waals surface area (Å²) in [6.45, 7) is 2.51. The van der Waals surface area contributed by atoms with Gasteiger partial charge in [0.1, 0.15) is 5.75 Å². The van der Waals surface area contributed by atoms with Crippen molar-refractivity contribution >= 4 is 17.3 Å². The molecule has 1 aliphatic rings. The second-order valence-corrected chi connectivity index (χ2v) is 3.53. The van der Waals surface area contributed by atoms with Gasteiger partial charge in [-0.3, -0.25) is 4.79 Å². The van der Waals surface area contributed by atoms with E-state index in [9.17, 15) is 4.79 Å². The highest BCUT2D eigenvalue weighted by Crippen LogP contribution is 2.32. The third kappa shape index (κ3) is 1.88. The maximum Gasteiger partial charge on any atom is 0.224 e. The van der Waals surface area contributed by atoms with Gasteiger partial charge in [-0.05, 0) is 31.0 Å². The third-order valence-electron chi connectivity index (χ3n) is 2.43. The summed E-state index contributed by atoms with van der Waals surface area (Å²) in [5.74, 6) is 0.749. The van der Waals surface area contributed by atoms with Crippen LogP contribution in [0.25, 0.3) is 0 Å². The zero-order chi connectivity index (χ0) is 10.8. The minimum atomic E-state index is 0.0473. The second kappa shape index (κ2) is 3.81. The van der Waals surface area contributed by atoms with Crippen LogP contribution in [-0.4, -0.2) is 12.5 Å². The molecule has 15 heavy (non-hydrogen) atoms. The molecule has 0 spiro atoms. The smallest absolute Gasteiger partial charge is 0.224 e. The molecule has 0 unspecified atom stereocenters. The zero-order valence-electron chi connectivity index (χ0n) is 8.67. The van der Waals surface area contributed by atoms with Crippen molar-refractivity contribution in [1.82, 2.24) is 0 Å². The van der Waals surface area contributed by atoms with Crippen molar-refractivity contribution in [3.05, 3.63) is 17.7 Å². The molecule has 0 bridgehead atoms. The lowest BCUT2D eigenvalue weighted by atomic mass is 10.0. The Labute approximate surface area is 88.4 Å². The molecule has 1 heterocycles. The summed E-state index contributed by atoms with van der Waals surface area (Å²) in [5.41, 5.74) is 8.27. The lowest BCUT2D eigenvalue weighted by Crippen LogP contribution is -2.19. The van der Waals surface area contributed by atoms with Gasteiger partial charge in [0, 0.05) is 12.1 Å². The van der Waals surface area contributed by atoms with Crippen LogP contribution in [0.1, 0.15) is 18.9 Å². The van der Waals surface area contributed by atoms with Gasteiger partial charge in [0.2, 0.25) is 5.91 Å². The van der Waals surface area contributed by atoms with E-state index in [2.05, 4.69) is 5.32 Å². The number of aryl methyl sites for hydroxylation is 1. The van der Waals surface area contributed by atoms with Crippen LogP contribution in [0.4, 0.5) is 11.4 Å². The lowest BCUT2D eigenvalue weighted by molar-refractivity contribution is -0.116. The number of ether oxygens (including phenoxy) is 1. The van der Waals surface area contributed by atoms with Gasteiger partial charge in [-0.1, -0.05) is 0 Å². The Hall–Kier alpha value is -1.71. The number of nitrogens with one attached hydrogen (secondary N) is 1. The van der Waals surface area contributed by atoms with E-state index >= 15 is 0 Å². The van der Waals surface area contributed by atoms with Crippen molar-refractivity contribution in [2.45, 2.75) is 19.8 Å². The largest absolute Gasteiger partial charge is 0.492 e. The van der Waals surface area contributed by atoms with Crippen molar-refractivity contribution in [2.75, 3.05) is 17.7 Å². The Morgan fingerprint density at radius 3 is 3.00 bits per heavy atom. The molecule has 4 nitrogen and oxygen atoms in total. The second-order valence-electron chi connectivity index (χ2n) is 3.53. The summed E-state index contributed by atoms with van der Waals surface area (Å²) in [7, 11) is 0. The Balaban J connectivity index is 2.37. The molecule has 1 aromatic rings. The lowest BCUT2D eigenvalue weighted by Gasteiger charge is -2.19. The van der Waals surface area contributed by atoms with Crippen LogP contribution in [0.3, 0.4) is 0 Å². The summed E-state index contributed by atoms with van der Waals surface area (Å²) in [6.07, 6.45) is 1.28. The minimum Gasteiger partial charge on any atom is -0.492 e. The molecule has 0 aromatic heterocycles. The van der Waals surface area contributed by atoms with Crippen molar-refractivity contribution in [3.63, 3.8) is 0 Å². The average Bonchev–Trinajstić information content (AvgIpc) is 2.20. The van der Waals surface area contributed by atoms with Gasteiger partial charge >= 0.3 is 0 Å². The maximum atomic E-state index is 11.2. The van der Waals surface area contributed by atoms with Crippen molar-refractivity contribution < 1.29 is 9.53 Å². The van der Waals surface area contributed by atoms with E-state index in [-0.39, 0.29) is 5.91 Å². The molecule has 0 atom stereocenters. The highest BCUT2D eigenvalue weighted by molar-refractivity contribution is 5.94. The quantitative estimate of drug-likeness (QED) is 0.721. The molecule has 0 saturated carbocycles. The van der Waals surface area contributed by atoms with E-state index in [0.29, 0.717) is 24.5 Å². The van der Waals surface area contributed by atoms with Crippen LogP contribution in [0, 0.1) is 0 Å². The Bertz CT molecular complexity index is 402. The summed E-state index contributed by atoms with van der Waals surface area (Å²) >= 11 is 0. The molecule has 1 amide bonds. The van der Waals surface area contributed by atoms with Gasteiger partial charge in [-0.2, -0.15) is 0 Å². The first kappa shape index (κ1) is 9.83. The average molecular weight is 206 g/mol. The van der Waals surface area contributed by atoms with Gasteiger partial charge < -0.3 is 15.8 Å². The SMILES string of the molecule is CCOc1cc2c(cc1N)NC(=O)CC2. The fraction of sp³-hybridized carbons (Fsp3) is 0.364. The summed E-state index contributed by atoms with van der Waals surface area (Å²) < 4.78 is 5.39. The number of benzene rings is 1. The normalized spacial score (nSPS) is 14.3. The molecule has 2 rings (SSSR count). The molecule has 0 radical (unpaired) electrons. The number of amides is 1. The van der Waals surface area contributed by atoms with E-state index < -0.39 is 0 Å². The van der Waals surface area contributed by atoms with E-state index in [1.807, 2.05) is 13.0 Å². The first-order valence-electron chi connectivity index (χ1n) is 5.05. The van der Waals surface area contributed by atoms with E-state index in [1.165, 1.54) is 0 Å². The van der Waals surface area contributed by atoms with Crippen molar-refractivity contribution in [3.8, 4) is 5.75 Å². The van der Waals surface area contributed by atoms with Crippen LogP contribution < -0.4 is 15.8 Å². The predicted molar refractivity (Wildman–Crippen MR) is 59.0 cm³/mol. The zero-order valence-corrected chi connectivity index (χ0v) is 8.67. The maximum absolute atomic E-state index is 11.2. The molecular weight excluding hydrogens is 192 g/mol. The van der Waals surface area contributed by atoms with E-state index in [1.54, 1.807) is 6.07 Å². The monoisotopic (exact) mass is 206 g/mol.